The fraction of sp³-hybridized carbons (Fsp3) is 1.00. The summed E-state index contributed by atoms with van der Waals surface area (Å²) >= 11 is 7.89. The fourth-order valence-corrected chi connectivity index (χ4v) is 0. The van der Waals surface area contributed by atoms with Gasteiger partial charge in [-0.2, -0.15) is 0 Å². The van der Waals surface area contributed by atoms with Crippen molar-refractivity contribution in [3.8, 4) is 0 Å². The van der Waals surface area contributed by atoms with E-state index in [0.717, 1.165) is 0 Å². The average molecular weight is 129 g/mol. The molecule has 38 valence electrons. The molecule has 0 rings (SSSR count). The Labute approximate surface area is 60.8 Å². The zero-order chi connectivity index (χ0) is 6.08. The van der Waals surface area contributed by atoms with Crippen molar-refractivity contribution in [1.29, 1.82) is 0 Å². The third kappa shape index (κ3) is 3.67. The standard InChI is InChI=1S/C4H10ClSi.Li/c1-6(2,3)4-5;/h4H,1-3H3;. The average Bonchev–Trinajstić information content (AvgIpc) is 1.31. The topological polar surface area (TPSA) is 0 Å². The molecule has 1 unspecified atom stereocenters. The van der Waals surface area contributed by atoms with Crippen molar-refractivity contribution in [2.75, 3.05) is 0 Å². The molecule has 0 bridgehead atoms. The Kier molecular flexibility index (Phi) is 3.00. The molecule has 0 aromatic carbocycles. The molecule has 0 heterocycles. The van der Waals surface area contributed by atoms with Gasteiger partial charge in [0.2, 0.25) is 0 Å². The van der Waals surface area contributed by atoms with Gasteiger partial charge in [-0.1, -0.05) is 0 Å². The third-order valence-corrected chi connectivity index (χ3v) is 5.54. The van der Waals surface area contributed by atoms with Gasteiger partial charge in [-0.25, -0.2) is 0 Å². The Morgan fingerprint density at radius 1 is 1.43 bits per heavy atom. The SMILES string of the molecule is [Li][CH](Cl)[Si](C)(C)C. The monoisotopic (exact) mass is 128 g/mol. The van der Waals surface area contributed by atoms with Gasteiger partial charge in [0, 0.05) is 0 Å². The van der Waals surface area contributed by atoms with Crippen LogP contribution in [0.25, 0.3) is 0 Å². The zero-order valence-electron chi connectivity index (χ0n) is 5.46. The molecule has 0 saturated heterocycles. The van der Waals surface area contributed by atoms with E-state index in [1.54, 1.807) is 0 Å². The minimum atomic E-state index is -0.969. The summed E-state index contributed by atoms with van der Waals surface area (Å²) in [6.07, 6.45) is 0. The summed E-state index contributed by atoms with van der Waals surface area (Å²) in [5, 5.41) is 0. The van der Waals surface area contributed by atoms with Crippen LogP contribution in [0, 0.1) is 0 Å². The van der Waals surface area contributed by atoms with Gasteiger partial charge in [0.1, 0.15) is 0 Å². The molecule has 0 aromatic rings. The molecule has 7 heavy (non-hydrogen) atoms. The second kappa shape index (κ2) is 2.59. The summed E-state index contributed by atoms with van der Waals surface area (Å²) in [4.78, 5) is 0. The summed E-state index contributed by atoms with van der Waals surface area (Å²) in [5.41, 5.74) is 0. The molecular formula is C4H10ClLiSi. The van der Waals surface area contributed by atoms with Crippen LogP contribution in [-0.2, 0) is 0 Å². The molecule has 0 amide bonds. The van der Waals surface area contributed by atoms with Crippen LogP contribution >= 0.6 is 11.6 Å². The fourth-order valence-electron chi connectivity index (χ4n) is 0. The van der Waals surface area contributed by atoms with E-state index in [-0.39, 0.29) is 0 Å². The minimum absolute atomic E-state index is 0.410. The van der Waals surface area contributed by atoms with Crippen LogP contribution < -0.4 is 0 Å². The normalized spacial score (nSPS) is 16.9. The van der Waals surface area contributed by atoms with Crippen molar-refractivity contribution in [3.05, 3.63) is 0 Å². The van der Waals surface area contributed by atoms with Crippen LogP contribution in [0.2, 0.25) is 19.6 Å². The van der Waals surface area contributed by atoms with Crippen LogP contribution in [0.4, 0.5) is 0 Å². The molecular weight excluding hydrogens is 119 g/mol. The Hall–Kier alpha value is 1.10. The molecule has 0 saturated carbocycles. The first-order chi connectivity index (χ1) is 2.94. The van der Waals surface area contributed by atoms with Crippen LogP contribution in [0.5, 0.6) is 0 Å². The molecule has 0 radical (unpaired) electrons. The molecule has 3 heteroatoms. The molecule has 1 atom stereocenters. The van der Waals surface area contributed by atoms with Crippen LogP contribution in [0.3, 0.4) is 0 Å². The Morgan fingerprint density at radius 2 is 1.57 bits per heavy atom. The number of hydrogen-bond donors (Lipinski definition) is 0. The first-order valence-corrected chi connectivity index (χ1v) is 6.60. The van der Waals surface area contributed by atoms with Gasteiger partial charge in [0.05, 0.1) is 0 Å². The van der Waals surface area contributed by atoms with Crippen LogP contribution in [0.1, 0.15) is 0 Å². The molecule has 0 aliphatic heterocycles. The van der Waals surface area contributed by atoms with Gasteiger partial charge >= 0.3 is 60.7 Å². The van der Waals surface area contributed by atoms with E-state index >= 15 is 0 Å². The quantitative estimate of drug-likeness (QED) is 0.372. The number of alkyl halides is 1. The Bertz CT molecular complexity index is 57.2. The summed E-state index contributed by atoms with van der Waals surface area (Å²) in [5.74, 6) is 0. The number of halogens is 1. The van der Waals surface area contributed by atoms with Gasteiger partial charge in [0.25, 0.3) is 0 Å². The molecule has 0 aliphatic carbocycles. The van der Waals surface area contributed by atoms with E-state index < -0.39 is 8.07 Å². The van der Waals surface area contributed by atoms with E-state index in [9.17, 15) is 0 Å². The molecule has 0 N–H and O–H groups in total. The van der Waals surface area contributed by atoms with Gasteiger partial charge in [-0.05, 0) is 0 Å². The van der Waals surface area contributed by atoms with Crippen molar-refractivity contribution < 1.29 is 0 Å². The molecule has 0 fully saturated rings. The second-order valence-corrected chi connectivity index (χ2v) is 9.60. The van der Waals surface area contributed by atoms with E-state index in [1.165, 1.54) is 0 Å². The van der Waals surface area contributed by atoms with Crippen molar-refractivity contribution in [2.45, 2.75) is 23.3 Å². The van der Waals surface area contributed by atoms with Crippen LogP contribution in [0.15, 0.2) is 0 Å². The summed E-state index contributed by atoms with van der Waals surface area (Å²) < 4.78 is 0.410. The van der Waals surface area contributed by atoms with E-state index in [1.807, 2.05) is 0 Å². The van der Waals surface area contributed by atoms with Crippen molar-refractivity contribution >= 4 is 37.4 Å². The Morgan fingerprint density at radius 3 is 1.57 bits per heavy atom. The molecule has 0 aromatic heterocycles. The van der Waals surface area contributed by atoms with Gasteiger partial charge < -0.3 is 0 Å². The summed E-state index contributed by atoms with van der Waals surface area (Å²) in [6.45, 7) is 6.81. The van der Waals surface area contributed by atoms with Crippen molar-refractivity contribution in [1.82, 2.24) is 0 Å². The Balaban J connectivity index is 3.54. The van der Waals surface area contributed by atoms with E-state index in [0.29, 0.717) is 3.67 Å². The van der Waals surface area contributed by atoms with Gasteiger partial charge in [0.15, 0.2) is 0 Å². The number of hydrogen-bond acceptors (Lipinski definition) is 0. The molecule has 0 nitrogen and oxygen atoms in total. The number of rotatable bonds is 1. The second-order valence-electron chi connectivity index (χ2n) is 2.98. The first-order valence-electron chi connectivity index (χ1n) is 2.58. The van der Waals surface area contributed by atoms with Gasteiger partial charge in [-0.3, -0.25) is 0 Å². The van der Waals surface area contributed by atoms with Crippen molar-refractivity contribution in [3.63, 3.8) is 0 Å². The van der Waals surface area contributed by atoms with Crippen LogP contribution in [-0.4, -0.2) is 29.5 Å². The predicted molar refractivity (Wildman–Crippen MR) is 38.7 cm³/mol. The predicted octanol–water partition coefficient (Wildman–Crippen LogP) is 1.60. The summed E-state index contributed by atoms with van der Waals surface area (Å²) in [7, 11) is -0.969. The summed E-state index contributed by atoms with van der Waals surface area (Å²) in [6, 6.07) is 0. The van der Waals surface area contributed by atoms with Crippen molar-refractivity contribution in [2.24, 2.45) is 0 Å². The first kappa shape index (κ1) is 8.10. The van der Waals surface area contributed by atoms with E-state index in [4.69, 9.17) is 11.6 Å². The maximum absolute atomic E-state index is 5.82. The zero-order valence-corrected chi connectivity index (χ0v) is 7.21. The third-order valence-electron chi connectivity index (χ3n) is 1.19. The van der Waals surface area contributed by atoms with E-state index in [2.05, 4.69) is 37.4 Å². The molecule has 0 aliphatic rings. The van der Waals surface area contributed by atoms with Gasteiger partial charge in [-0.15, -0.1) is 0 Å². The maximum atomic E-state index is 5.82. The molecule has 0 spiro atoms.